The highest BCUT2D eigenvalue weighted by Gasteiger charge is 2.33. The molecule has 0 bridgehead atoms. The van der Waals surface area contributed by atoms with Gasteiger partial charge in [0.05, 0.1) is 24.8 Å². The number of hydrogen-bond donors (Lipinski definition) is 1. The van der Waals surface area contributed by atoms with Crippen LogP contribution in [0.5, 0.6) is 11.5 Å². The molecule has 0 heterocycles. The minimum absolute atomic E-state index is 0.0531. The summed E-state index contributed by atoms with van der Waals surface area (Å²) in [5, 5.41) is 3.25. The van der Waals surface area contributed by atoms with Gasteiger partial charge in [-0.25, -0.2) is 8.42 Å². The first-order valence-electron chi connectivity index (χ1n) is 11.8. The SMILES string of the molecule is CNC(=O)[C@H](C)N(Cc1ccc(Cl)cc1Cl)C(=O)CN(c1ccccc1)S(=O)(=O)c1ccc(OC)c(OC)c1. The Hall–Kier alpha value is -3.47. The Morgan fingerprint density at radius 2 is 1.62 bits per heavy atom. The van der Waals surface area contributed by atoms with Gasteiger partial charge in [0.2, 0.25) is 11.8 Å². The number of para-hydroxylation sites is 1. The molecule has 0 fully saturated rings. The number of amides is 2. The van der Waals surface area contributed by atoms with Gasteiger partial charge in [0.15, 0.2) is 11.5 Å². The minimum Gasteiger partial charge on any atom is -0.493 e. The molecule has 39 heavy (non-hydrogen) atoms. The number of ether oxygens (including phenoxy) is 2. The summed E-state index contributed by atoms with van der Waals surface area (Å²) >= 11 is 12.4. The lowest BCUT2D eigenvalue weighted by atomic mass is 10.1. The molecular weight excluding hydrogens is 565 g/mol. The number of carbonyl (C=O) groups is 2. The number of anilines is 1. The van der Waals surface area contributed by atoms with Crippen molar-refractivity contribution < 1.29 is 27.5 Å². The Kier molecular flexibility index (Phi) is 10.1. The van der Waals surface area contributed by atoms with Gasteiger partial charge < -0.3 is 19.7 Å². The van der Waals surface area contributed by atoms with Gasteiger partial charge in [0, 0.05) is 29.7 Å². The molecule has 0 saturated carbocycles. The predicted octanol–water partition coefficient (Wildman–Crippen LogP) is 4.37. The fourth-order valence-corrected chi connectivity index (χ4v) is 5.75. The molecule has 0 unspecified atom stereocenters. The number of hydrogen-bond acceptors (Lipinski definition) is 6. The molecule has 3 rings (SSSR count). The number of benzene rings is 3. The van der Waals surface area contributed by atoms with Gasteiger partial charge in [0.1, 0.15) is 12.6 Å². The molecule has 0 radical (unpaired) electrons. The Bertz CT molecular complexity index is 1440. The van der Waals surface area contributed by atoms with Crippen molar-refractivity contribution in [3.8, 4) is 11.5 Å². The first-order chi connectivity index (χ1) is 18.5. The number of sulfonamides is 1. The van der Waals surface area contributed by atoms with E-state index in [1.807, 2.05) is 0 Å². The Morgan fingerprint density at radius 3 is 2.21 bits per heavy atom. The second-order valence-electron chi connectivity index (χ2n) is 8.41. The van der Waals surface area contributed by atoms with E-state index in [4.69, 9.17) is 32.7 Å². The molecular formula is C27H29Cl2N3O6S. The highest BCUT2D eigenvalue weighted by atomic mass is 35.5. The molecule has 0 aromatic heterocycles. The smallest absolute Gasteiger partial charge is 0.264 e. The van der Waals surface area contributed by atoms with Crippen LogP contribution in [-0.2, 0) is 26.2 Å². The third-order valence-electron chi connectivity index (χ3n) is 6.04. The lowest BCUT2D eigenvalue weighted by Gasteiger charge is -2.32. The van der Waals surface area contributed by atoms with Crippen LogP contribution in [0.1, 0.15) is 12.5 Å². The summed E-state index contributed by atoms with van der Waals surface area (Å²) in [4.78, 5) is 27.5. The number of likely N-dealkylation sites (N-methyl/N-ethyl adjacent to an activating group) is 1. The largest absolute Gasteiger partial charge is 0.493 e. The molecule has 1 N–H and O–H groups in total. The Balaban J connectivity index is 2.06. The highest BCUT2D eigenvalue weighted by molar-refractivity contribution is 7.92. The maximum Gasteiger partial charge on any atom is 0.264 e. The summed E-state index contributed by atoms with van der Waals surface area (Å²) in [7, 11) is 0.0168. The monoisotopic (exact) mass is 593 g/mol. The van der Waals surface area contributed by atoms with Crippen LogP contribution in [0.2, 0.25) is 10.0 Å². The van der Waals surface area contributed by atoms with Crippen LogP contribution in [0, 0.1) is 0 Å². The molecule has 1 atom stereocenters. The van der Waals surface area contributed by atoms with E-state index in [1.165, 1.54) is 50.4 Å². The number of carbonyl (C=O) groups excluding carboxylic acids is 2. The van der Waals surface area contributed by atoms with Gasteiger partial charge >= 0.3 is 0 Å². The zero-order chi connectivity index (χ0) is 28.7. The molecule has 208 valence electrons. The second kappa shape index (κ2) is 13.1. The molecule has 0 aliphatic rings. The standard InChI is InChI=1S/C27H29Cl2N3O6S/c1-18(27(34)30-2)31(16-19-10-11-20(28)14-23(19)29)26(33)17-32(21-8-6-5-7-9-21)39(35,36)22-12-13-24(37-3)25(15-22)38-4/h5-15,18H,16-17H2,1-4H3,(H,30,34)/t18-/m0/s1. The topological polar surface area (TPSA) is 105 Å². The average molecular weight is 595 g/mol. The Morgan fingerprint density at radius 1 is 0.949 bits per heavy atom. The van der Waals surface area contributed by atoms with Crippen LogP contribution >= 0.6 is 23.2 Å². The van der Waals surface area contributed by atoms with E-state index in [-0.39, 0.29) is 22.9 Å². The maximum atomic E-state index is 13.9. The minimum atomic E-state index is -4.27. The van der Waals surface area contributed by atoms with Gasteiger partial charge in [-0.2, -0.15) is 0 Å². The van der Waals surface area contributed by atoms with Crippen LogP contribution in [-0.4, -0.2) is 59.0 Å². The number of methoxy groups -OCH3 is 2. The zero-order valence-electron chi connectivity index (χ0n) is 21.9. The van der Waals surface area contributed by atoms with Gasteiger partial charge in [-0.15, -0.1) is 0 Å². The van der Waals surface area contributed by atoms with E-state index in [0.717, 1.165) is 4.31 Å². The van der Waals surface area contributed by atoms with Crippen molar-refractivity contribution in [1.82, 2.24) is 10.2 Å². The van der Waals surface area contributed by atoms with E-state index in [1.54, 1.807) is 49.4 Å². The van der Waals surface area contributed by atoms with E-state index >= 15 is 0 Å². The molecule has 0 saturated heterocycles. The second-order valence-corrected chi connectivity index (χ2v) is 11.1. The first kappa shape index (κ1) is 30.1. The molecule has 0 aliphatic heterocycles. The predicted molar refractivity (Wildman–Crippen MR) is 151 cm³/mol. The summed E-state index contributed by atoms with van der Waals surface area (Å²) in [5.41, 5.74) is 0.803. The van der Waals surface area contributed by atoms with Crippen molar-refractivity contribution in [3.05, 3.63) is 82.3 Å². The number of rotatable bonds is 11. The van der Waals surface area contributed by atoms with E-state index in [0.29, 0.717) is 21.4 Å². The fraction of sp³-hybridized carbons (Fsp3) is 0.259. The summed E-state index contributed by atoms with van der Waals surface area (Å²) in [6.07, 6.45) is 0. The summed E-state index contributed by atoms with van der Waals surface area (Å²) < 4.78 is 39.3. The van der Waals surface area contributed by atoms with Crippen molar-refractivity contribution >= 4 is 50.7 Å². The summed E-state index contributed by atoms with van der Waals surface area (Å²) in [6, 6.07) is 16.2. The van der Waals surface area contributed by atoms with Gasteiger partial charge in [-0.3, -0.25) is 13.9 Å². The lowest BCUT2D eigenvalue weighted by molar-refractivity contribution is -0.139. The van der Waals surface area contributed by atoms with E-state index in [9.17, 15) is 18.0 Å². The molecule has 3 aromatic rings. The highest BCUT2D eigenvalue weighted by Crippen LogP contribution is 2.32. The van der Waals surface area contributed by atoms with Crippen molar-refractivity contribution in [2.24, 2.45) is 0 Å². The lowest BCUT2D eigenvalue weighted by Crippen LogP contribution is -2.50. The van der Waals surface area contributed by atoms with Crippen molar-refractivity contribution in [2.75, 3.05) is 32.1 Å². The van der Waals surface area contributed by atoms with Crippen LogP contribution in [0.4, 0.5) is 5.69 Å². The number of halogens is 2. The number of nitrogens with one attached hydrogen (secondary N) is 1. The fourth-order valence-electron chi connectivity index (χ4n) is 3.85. The van der Waals surface area contributed by atoms with Crippen LogP contribution < -0.4 is 19.1 Å². The zero-order valence-corrected chi connectivity index (χ0v) is 24.2. The van der Waals surface area contributed by atoms with Crippen molar-refractivity contribution in [2.45, 2.75) is 24.4 Å². The molecule has 0 spiro atoms. The number of nitrogens with zero attached hydrogens (tertiary/aromatic N) is 2. The van der Waals surface area contributed by atoms with E-state index < -0.39 is 34.4 Å². The maximum absolute atomic E-state index is 13.9. The molecule has 12 heteroatoms. The van der Waals surface area contributed by atoms with E-state index in [2.05, 4.69) is 5.32 Å². The van der Waals surface area contributed by atoms with Gasteiger partial charge in [-0.05, 0) is 48.9 Å². The van der Waals surface area contributed by atoms with Gasteiger partial charge in [-0.1, -0.05) is 47.5 Å². The average Bonchev–Trinajstić information content (AvgIpc) is 2.94. The van der Waals surface area contributed by atoms with Crippen LogP contribution in [0.15, 0.2) is 71.6 Å². The third-order valence-corrected chi connectivity index (χ3v) is 8.39. The van der Waals surface area contributed by atoms with Crippen LogP contribution in [0.25, 0.3) is 0 Å². The van der Waals surface area contributed by atoms with Gasteiger partial charge in [0.25, 0.3) is 10.0 Å². The molecule has 2 amide bonds. The summed E-state index contributed by atoms with van der Waals surface area (Å²) in [5.74, 6) is -0.484. The first-order valence-corrected chi connectivity index (χ1v) is 14.0. The molecule has 3 aromatic carbocycles. The van der Waals surface area contributed by atoms with Crippen molar-refractivity contribution in [3.63, 3.8) is 0 Å². The summed E-state index contributed by atoms with van der Waals surface area (Å²) in [6.45, 7) is 0.909. The quantitative estimate of drug-likeness (QED) is 0.354. The normalized spacial score (nSPS) is 11.8. The van der Waals surface area contributed by atoms with Crippen LogP contribution in [0.3, 0.4) is 0 Å². The molecule has 0 aliphatic carbocycles. The molecule has 9 nitrogen and oxygen atoms in total. The Labute approximate surface area is 238 Å². The van der Waals surface area contributed by atoms with Crippen molar-refractivity contribution in [1.29, 1.82) is 0 Å². The third kappa shape index (κ3) is 6.95.